The van der Waals surface area contributed by atoms with E-state index in [2.05, 4.69) is 15.3 Å². The summed E-state index contributed by atoms with van der Waals surface area (Å²) in [4.78, 5) is 22.1. The summed E-state index contributed by atoms with van der Waals surface area (Å²) in [6.07, 6.45) is 4.92. The van der Waals surface area contributed by atoms with Gasteiger partial charge in [-0.2, -0.15) is 0 Å². The normalized spacial score (nSPS) is 17.0. The molecule has 1 fully saturated rings. The summed E-state index contributed by atoms with van der Waals surface area (Å²) in [5.41, 5.74) is 1.95. The number of aromatic nitrogens is 1. The van der Waals surface area contributed by atoms with Crippen LogP contribution in [-0.4, -0.2) is 39.9 Å². The van der Waals surface area contributed by atoms with Crippen LogP contribution in [-0.2, 0) is 6.42 Å². The molecule has 2 heterocycles. The maximum atomic E-state index is 15.0. The van der Waals surface area contributed by atoms with Gasteiger partial charge in [0.05, 0.1) is 29.5 Å². The van der Waals surface area contributed by atoms with Gasteiger partial charge in [-0.25, -0.2) is 8.78 Å². The maximum Gasteiger partial charge on any atom is 0.252 e. The lowest BCUT2D eigenvalue weighted by Gasteiger charge is -2.24. The van der Waals surface area contributed by atoms with Gasteiger partial charge < -0.3 is 10.4 Å². The van der Waals surface area contributed by atoms with E-state index in [1.165, 1.54) is 24.3 Å². The van der Waals surface area contributed by atoms with Crippen molar-refractivity contribution in [3.05, 3.63) is 107 Å². The Bertz CT molecular complexity index is 1280. The molecule has 0 radical (unpaired) electrons. The van der Waals surface area contributed by atoms with Crippen molar-refractivity contribution < 1.29 is 18.7 Å². The van der Waals surface area contributed by atoms with Gasteiger partial charge in [-0.1, -0.05) is 24.3 Å². The van der Waals surface area contributed by atoms with E-state index in [0.717, 1.165) is 16.8 Å². The first kappa shape index (κ1) is 22.1. The Morgan fingerprint density at radius 1 is 1.06 bits per heavy atom. The van der Waals surface area contributed by atoms with Crippen molar-refractivity contribution in [2.75, 3.05) is 6.54 Å². The first-order chi connectivity index (χ1) is 16.4. The van der Waals surface area contributed by atoms with Crippen molar-refractivity contribution in [3.63, 3.8) is 0 Å². The summed E-state index contributed by atoms with van der Waals surface area (Å²) in [6, 6.07) is 15.3. The molecule has 172 valence electrons. The zero-order chi connectivity index (χ0) is 23.7. The Morgan fingerprint density at radius 3 is 2.56 bits per heavy atom. The van der Waals surface area contributed by atoms with Gasteiger partial charge >= 0.3 is 0 Å². The number of rotatable bonds is 7. The van der Waals surface area contributed by atoms with Crippen molar-refractivity contribution in [3.8, 4) is 0 Å². The average Bonchev–Trinajstić information content (AvgIpc) is 3.41. The van der Waals surface area contributed by atoms with Crippen LogP contribution in [0.2, 0.25) is 0 Å². The smallest absolute Gasteiger partial charge is 0.252 e. The molecule has 1 atom stereocenters. The fourth-order valence-electron chi connectivity index (χ4n) is 4.21. The third-order valence-electron chi connectivity index (χ3n) is 6.32. The molecule has 1 aliphatic heterocycles. The summed E-state index contributed by atoms with van der Waals surface area (Å²) in [5, 5.41) is 13.7. The van der Waals surface area contributed by atoms with E-state index in [-0.39, 0.29) is 16.9 Å². The molecule has 0 spiro atoms. The highest BCUT2D eigenvalue weighted by Gasteiger charge is 2.48. The Morgan fingerprint density at radius 2 is 1.85 bits per heavy atom. The first-order valence-electron chi connectivity index (χ1n) is 11.2. The van der Waals surface area contributed by atoms with Crippen molar-refractivity contribution in [1.82, 2.24) is 10.3 Å². The molecule has 1 saturated carbocycles. The zero-order valence-corrected chi connectivity index (χ0v) is 18.3. The Labute approximate surface area is 195 Å². The third-order valence-corrected chi connectivity index (χ3v) is 6.32. The van der Waals surface area contributed by atoms with Crippen LogP contribution < -0.4 is 5.32 Å². The van der Waals surface area contributed by atoms with E-state index in [0.29, 0.717) is 31.5 Å². The number of halogens is 2. The maximum absolute atomic E-state index is 15.0. The van der Waals surface area contributed by atoms with Crippen LogP contribution in [0.15, 0.2) is 77.9 Å². The summed E-state index contributed by atoms with van der Waals surface area (Å²) in [5.74, 6) is -1.38. The summed E-state index contributed by atoms with van der Waals surface area (Å²) < 4.78 is 28.3. The van der Waals surface area contributed by atoms with Gasteiger partial charge in [-0.3, -0.25) is 14.8 Å². The second-order valence-electron chi connectivity index (χ2n) is 8.70. The van der Waals surface area contributed by atoms with E-state index < -0.39 is 23.4 Å². The number of benzene rings is 2. The predicted octanol–water partition coefficient (Wildman–Crippen LogP) is 4.11. The molecule has 2 aromatic carbocycles. The lowest BCUT2D eigenvalue weighted by atomic mass is 9.97. The van der Waals surface area contributed by atoms with E-state index >= 15 is 0 Å². The number of allylic oxidation sites excluding steroid dienone is 1. The molecule has 0 saturated heterocycles. The van der Waals surface area contributed by atoms with Gasteiger partial charge in [-0.05, 0) is 66.5 Å². The van der Waals surface area contributed by atoms with E-state index in [1.54, 1.807) is 36.5 Å². The minimum Gasteiger partial charge on any atom is -0.388 e. The third kappa shape index (κ3) is 4.52. The van der Waals surface area contributed by atoms with Gasteiger partial charge in [0.2, 0.25) is 0 Å². The van der Waals surface area contributed by atoms with Crippen molar-refractivity contribution in [1.29, 1.82) is 0 Å². The SMILES string of the molecule is O=C(N[C@H](Cc1ccccn1)C1(O)CC1)c1cccc(F)c1C1=NCC(c2ccc(F)cc2)=C1. The van der Waals surface area contributed by atoms with Gasteiger partial charge in [0, 0.05) is 23.9 Å². The molecular formula is C27H23F2N3O2. The number of amides is 1. The fraction of sp³-hybridized carbons (Fsp3) is 0.222. The molecule has 5 nitrogen and oxygen atoms in total. The largest absolute Gasteiger partial charge is 0.388 e. The number of carbonyl (C=O) groups is 1. The minimum absolute atomic E-state index is 0.108. The van der Waals surface area contributed by atoms with Gasteiger partial charge in [-0.15, -0.1) is 0 Å². The number of hydrogen-bond donors (Lipinski definition) is 2. The zero-order valence-electron chi connectivity index (χ0n) is 18.3. The topological polar surface area (TPSA) is 74.6 Å². The number of aliphatic imine (C=N–C) groups is 1. The number of carbonyl (C=O) groups excluding carboxylic acids is 1. The molecule has 3 aromatic rings. The molecule has 2 aliphatic rings. The Hall–Kier alpha value is -3.71. The summed E-state index contributed by atoms with van der Waals surface area (Å²) >= 11 is 0. The highest BCUT2D eigenvalue weighted by Crippen LogP contribution is 2.39. The molecule has 1 aromatic heterocycles. The molecule has 5 rings (SSSR count). The van der Waals surface area contributed by atoms with Gasteiger partial charge in [0.25, 0.3) is 5.91 Å². The average molecular weight is 459 g/mol. The van der Waals surface area contributed by atoms with Crippen molar-refractivity contribution >= 4 is 17.2 Å². The molecule has 7 heteroatoms. The predicted molar refractivity (Wildman–Crippen MR) is 126 cm³/mol. The van der Waals surface area contributed by atoms with Crippen LogP contribution in [0, 0.1) is 11.6 Å². The van der Waals surface area contributed by atoms with Gasteiger partial charge in [0.1, 0.15) is 11.6 Å². The summed E-state index contributed by atoms with van der Waals surface area (Å²) in [7, 11) is 0. The molecule has 0 unspecified atom stereocenters. The number of nitrogens with one attached hydrogen (secondary N) is 1. The van der Waals surface area contributed by atoms with E-state index in [4.69, 9.17) is 0 Å². The molecule has 2 N–H and O–H groups in total. The van der Waals surface area contributed by atoms with Crippen LogP contribution >= 0.6 is 0 Å². The Balaban J connectivity index is 1.42. The van der Waals surface area contributed by atoms with Crippen LogP contribution in [0.4, 0.5) is 8.78 Å². The second-order valence-corrected chi connectivity index (χ2v) is 8.70. The quantitative estimate of drug-likeness (QED) is 0.558. The van der Waals surface area contributed by atoms with Crippen molar-refractivity contribution in [2.45, 2.75) is 30.9 Å². The van der Waals surface area contributed by atoms with E-state index in [9.17, 15) is 18.7 Å². The lowest BCUT2D eigenvalue weighted by Crippen LogP contribution is -2.46. The minimum atomic E-state index is -0.999. The number of aliphatic hydroxyl groups is 1. The molecular weight excluding hydrogens is 436 g/mol. The fourth-order valence-corrected chi connectivity index (χ4v) is 4.21. The van der Waals surface area contributed by atoms with Crippen LogP contribution in [0.5, 0.6) is 0 Å². The standard InChI is InChI=1S/C27H23F2N3O2/c28-19-9-7-17(8-10-19)18-14-23(31-16-18)25-21(5-3-6-22(25)29)26(33)32-24(27(34)11-12-27)15-20-4-1-2-13-30-20/h1-10,13-14,24,34H,11-12,15-16H2,(H,32,33)/t24-/m1/s1. The molecule has 0 bridgehead atoms. The van der Waals surface area contributed by atoms with Gasteiger partial charge in [0.15, 0.2) is 0 Å². The lowest BCUT2D eigenvalue weighted by molar-refractivity contribution is 0.0760. The number of hydrogen-bond acceptors (Lipinski definition) is 4. The van der Waals surface area contributed by atoms with Crippen LogP contribution in [0.25, 0.3) is 5.57 Å². The van der Waals surface area contributed by atoms with Crippen molar-refractivity contribution in [2.24, 2.45) is 4.99 Å². The number of pyridine rings is 1. The monoisotopic (exact) mass is 459 g/mol. The molecule has 34 heavy (non-hydrogen) atoms. The molecule has 1 amide bonds. The Kier molecular flexibility index (Phi) is 5.79. The highest BCUT2D eigenvalue weighted by atomic mass is 19.1. The molecule has 1 aliphatic carbocycles. The first-order valence-corrected chi connectivity index (χ1v) is 11.2. The number of nitrogens with zero attached hydrogens (tertiary/aromatic N) is 2. The highest BCUT2D eigenvalue weighted by molar-refractivity contribution is 6.19. The van der Waals surface area contributed by atoms with Crippen LogP contribution in [0.1, 0.15) is 40.0 Å². The summed E-state index contributed by atoms with van der Waals surface area (Å²) in [6.45, 7) is 0.304. The van der Waals surface area contributed by atoms with Crippen LogP contribution in [0.3, 0.4) is 0 Å². The van der Waals surface area contributed by atoms with E-state index in [1.807, 2.05) is 12.1 Å². The second kappa shape index (κ2) is 8.91.